The lowest BCUT2D eigenvalue weighted by Gasteiger charge is -2.26. The summed E-state index contributed by atoms with van der Waals surface area (Å²) in [6, 6.07) is -0.797. The second-order valence-corrected chi connectivity index (χ2v) is 10.3. The molecule has 0 rings (SSSR count). The van der Waals surface area contributed by atoms with Crippen LogP contribution in [0.15, 0.2) is 0 Å². The molecule has 0 aliphatic rings. The van der Waals surface area contributed by atoms with Crippen molar-refractivity contribution in [3.63, 3.8) is 0 Å². The average Bonchev–Trinajstić information content (AvgIpc) is 2.84. The summed E-state index contributed by atoms with van der Waals surface area (Å²) in [4.78, 5) is 12.2. The lowest BCUT2D eigenvalue weighted by molar-refractivity contribution is -0.124. The molecule has 0 aliphatic heterocycles. The first-order valence-electron chi connectivity index (χ1n) is 14.8. The van der Waals surface area contributed by atoms with Gasteiger partial charge in [0, 0.05) is 6.42 Å². The molecule has 1 amide bonds. The Balaban J connectivity index is 3.75. The maximum Gasteiger partial charge on any atom is 0.220 e. The third-order valence-corrected chi connectivity index (χ3v) is 6.96. The second kappa shape index (κ2) is 25.4. The number of aliphatic hydroxyl groups is 3. The number of rotatable bonds is 26. The normalized spacial score (nSPS) is 14.1. The van der Waals surface area contributed by atoms with E-state index in [1.54, 1.807) is 0 Å². The fraction of sp³-hybridized carbons (Fsp3) is 0.966. The summed E-state index contributed by atoms with van der Waals surface area (Å²) >= 11 is 0. The predicted molar refractivity (Wildman–Crippen MR) is 144 cm³/mol. The number of nitrogens with one attached hydrogen (secondary N) is 1. The smallest absolute Gasteiger partial charge is 0.220 e. The fourth-order valence-corrected chi connectivity index (χ4v) is 4.57. The van der Waals surface area contributed by atoms with Crippen LogP contribution in [0.1, 0.15) is 155 Å². The van der Waals surface area contributed by atoms with E-state index in [0.29, 0.717) is 12.8 Å². The van der Waals surface area contributed by atoms with Crippen LogP contribution in [0.4, 0.5) is 0 Å². The summed E-state index contributed by atoms with van der Waals surface area (Å²) in [5, 5.41) is 33.0. The van der Waals surface area contributed by atoms with Crippen LogP contribution in [-0.4, -0.2) is 46.1 Å². The van der Waals surface area contributed by atoms with Gasteiger partial charge in [0.2, 0.25) is 5.91 Å². The number of amides is 1. The minimum absolute atomic E-state index is 0.149. The summed E-state index contributed by atoms with van der Waals surface area (Å²) in [5.74, 6) is -0.149. The van der Waals surface area contributed by atoms with E-state index >= 15 is 0 Å². The van der Waals surface area contributed by atoms with Gasteiger partial charge in [-0.3, -0.25) is 4.79 Å². The van der Waals surface area contributed by atoms with Crippen LogP contribution in [0.3, 0.4) is 0 Å². The van der Waals surface area contributed by atoms with Gasteiger partial charge in [-0.15, -0.1) is 0 Å². The van der Waals surface area contributed by atoms with Crippen LogP contribution < -0.4 is 5.32 Å². The molecule has 0 fully saturated rings. The molecule has 34 heavy (non-hydrogen) atoms. The van der Waals surface area contributed by atoms with Gasteiger partial charge in [-0.2, -0.15) is 0 Å². The zero-order valence-electron chi connectivity index (χ0n) is 22.7. The van der Waals surface area contributed by atoms with Gasteiger partial charge in [-0.25, -0.2) is 0 Å². The van der Waals surface area contributed by atoms with Crippen LogP contribution >= 0.6 is 0 Å². The van der Waals surface area contributed by atoms with Gasteiger partial charge in [-0.1, -0.05) is 136 Å². The van der Waals surface area contributed by atoms with Crippen molar-refractivity contribution in [2.75, 3.05) is 6.61 Å². The first-order chi connectivity index (χ1) is 16.6. The summed E-state index contributed by atoms with van der Waals surface area (Å²) < 4.78 is 0. The quantitative estimate of drug-likeness (QED) is 0.101. The average molecular weight is 486 g/mol. The fourth-order valence-electron chi connectivity index (χ4n) is 4.57. The van der Waals surface area contributed by atoms with Gasteiger partial charge in [0.25, 0.3) is 0 Å². The van der Waals surface area contributed by atoms with Crippen molar-refractivity contribution in [2.45, 2.75) is 173 Å². The Labute approximate surface area is 211 Å². The van der Waals surface area contributed by atoms with Gasteiger partial charge in [0.1, 0.15) is 6.10 Å². The van der Waals surface area contributed by atoms with Gasteiger partial charge in [-0.05, 0) is 12.8 Å². The largest absolute Gasteiger partial charge is 0.394 e. The van der Waals surface area contributed by atoms with Crippen LogP contribution in [-0.2, 0) is 4.79 Å². The summed E-state index contributed by atoms with van der Waals surface area (Å²) in [5.41, 5.74) is 0. The number of carbonyl (C=O) groups is 1. The molecule has 3 atom stereocenters. The Hall–Kier alpha value is -0.650. The Kier molecular flexibility index (Phi) is 25.0. The topological polar surface area (TPSA) is 89.8 Å². The van der Waals surface area contributed by atoms with Crippen molar-refractivity contribution in [3.8, 4) is 0 Å². The standard InChI is InChI=1S/C29H59NO4/c1-3-5-7-9-11-13-14-15-16-18-20-22-24-28(33)30-26(25-31)29(34)27(32)23-21-19-17-12-10-8-6-4-2/h26-27,29,31-32,34H,3-25H2,1-2H3,(H,30,33). The number of hydrogen-bond acceptors (Lipinski definition) is 4. The van der Waals surface area contributed by atoms with E-state index in [0.717, 1.165) is 38.5 Å². The predicted octanol–water partition coefficient (Wildman–Crippen LogP) is 6.81. The maximum atomic E-state index is 12.2. The molecular weight excluding hydrogens is 426 g/mol. The van der Waals surface area contributed by atoms with E-state index in [9.17, 15) is 20.1 Å². The molecule has 5 heteroatoms. The lowest BCUT2D eigenvalue weighted by atomic mass is 9.99. The lowest BCUT2D eigenvalue weighted by Crippen LogP contribution is -2.50. The minimum atomic E-state index is -1.12. The molecule has 204 valence electrons. The van der Waals surface area contributed by atoms with E-state index in [1.165, 1.54) is 89.9 Å². The molecule has 0 heterocycles. The summed E-state index contributed by atoms with van der Waals surface area (Å²) in [6.45, 7) is 4.11. The number of unbranched alkanes of at least 4 members (excludes halogenated alkanes) is 18. The molecular formula is C29H59NO4. The number of aliphatic hydroxyl groups excluding tert-OH is 3. The van der Waals surface area contributed by atoms with E-state index in [2.05, 4.69) is 19.2 Å². The molecule has 5 nitrogen and oxygen atoms in total. The van der Waals surface area contributed by atoms with Gasteiger partial charge < -0.3 is 20.6 Å². The van der Waals surface area contributed by atoms with Crippen molar-refractivity contribution in [2.24, 2.45) is 0 Å². The van der Waals surface area contributed by atoms with E-state index < -0.39 is 18.2 Å². The van der Waals surface area contributed by atoms with Crippen LogP contribution in [0.25, 0.3) is 0 Å². The highest BCUT2D eigenvalue weighted by Gasteiger charge is 2.26. The molecule has 4 N–H and O–H groups in total. The molecule has 0 saturated carbocycles. The monoisotopic (exact) mass is 485 g/mol. The molecule has 0 aliphatic carbocycles. The van der Waals surface area contributed by atoms with Gasteiger partial charge in [0.15, 0.2) is 0 Å². The van der Waals surface area contributed by atoms with Crippen molar-refractivity contribution in [1.29, 1.82) is 0 Å². The van der Waals surface area contributed by atoms with E-state index in [-0.39, 0.29) is 12.5 Å². The number of carbonyl (C=O) groups excluding carboxylic acids is 1. The minimum Gasteiger partial charge on any atom is -0.394 e. The van der Waals surface area contributed by atoms with Crippen molar-refractivity contribution in [3.05, 3.63) is 0 Å². The highest BCUT2D eigenvalue weighted by molar-refractivity contribution is 5.76. The van der Waals surface area contributed by atoms with Gasteiger partial charge in [0.05, 0.1) is 18.8 Å². The van der Waals surface area contributed by atoms with Crippen molar-refractivity contribution < 1.29 is 20.1 Å². The Morgan fingerprint density at radius 2 is 1.00 bits per heavy atom. The van der Waals surface area contributed by atoms with Crippen LogP contribution in [0, 0.1) is 0 Å². The highest BCUT2D eigenvalue weighted by atomic mass is 16.3. The van der Waals surface area contributed by atoms with E-state index in [1.807, 2.05) is 0 Å². The third kappa shape index (κ3) is 20.7. The maximum absolute atomic E-state index is 12.2. The van der Waals surface area contributed by atoms with Crippen LogP contribution in [0.5, 0.6) is 0 Å². The molecule has 0 bridgehead atoms. The first-order valence-corrected chi connectivity index (χ1v) is 14.8. The Morgan fingerprint density at radius 3 is 1.41 bits per heavy atom. The Morgan fingerprint density at radius 1 is 0.618 bits per heavy atom. The second-order valence-electron chi connectivity index (χ2n) is 10.3. The third-order valence-electron chi connectivity index (χ3n) is 6.96. The SMILES string of the molecule is CCCCCCCCCCCCCCC(=O)NC(CO)C(O)C(O)CCCCCCCCCC. The van der Waals surface area contributed by atoms with Gasteiger partial charge >= 0.3 is 0 Å². The number of hydrogen-bond donors (Lipinski definition) is 4. The zero-order chi connectivity index (χ0) is 25.3. The first kappa shape index (κ1) is 33.4. The molecule has 0 aromatic heterocycles. The van der Waals surface area contributed by atoms with Crippen LogP contribution in [0.2, 0.25) is 0 Å². The molecule has 0 aromatic rings. The van der Waals surface area contributed by atoms with Crippen molar-refractivity contribution >= 4 is 5.91 Å². The Bertz CT molecular complexity index is 432. The van der Waals surface area contributed by atoms with Crippen molar-refractivity contribution in [1.82, 2.24) is 5.32 Å². The summed E-state index contributed by atoms with van der Waals surface area (Å²) in [6.07, 6.45) is 23.3. The molecule has 0 saturated heterocycles. The highest BCUT2D eigenvalue weighted by Crippen LogP contribution is 2.14. The molecule has 0 radical (unpaired) electrons. The molecule has 3 unspecified atom stereocenters. The molecule has 0 spiro atoms. The molecule has 0 aromatic carbocycles. The van der Waals surface area contributed by atoms with E-state index in [4.69, 9.17) is 0 Å². The zero-order valence-corrected chi connectivity index (χ0v) is 22.7. The summed E-state index contributed by atoms with van der Waals surface area (Å²) in [7, 11) is 0.